The fraction of sp³-hybridized carbons (Fsp3) is 0.212. The van der Waals surface area contributed by atoms with Crippen LogP contribution in [-0.4, -0.2) is 46.6 Å². The smallest absolute Gasteiger partial charge is 0.193 e. The highest BCUT2D eigenvalue weighted by atomic mass is 16.3. The number of aliphatic hydroxyl groups is 1. The van der Waals surface area contributed by atoms with Gasteiger partial charge in [-0.25, -0.2) is 0 Å². The summed E-state index contributed by atoms with van der Waals surface area (Å²) in [6.07, 6.45) is 3.37. The van der Waals surface area contributed by atoms with Crippen LogP contribution in [0.25, 0.3) is 0 Å². The van der Waals surface area contributed by atoms with Gasteiger partial charge in [-0.3, -0.25) is 19.4 Å². The molecule has 1 aromatic heterocycles. The van der Waals surface area contributed by atoms with E-state index in [2.05, 4.69) is 9.88 Å². The number of carbonyl (C=O) groups excluding carboxylic acids is 3. The fourth-order valence-electron chi connectivity index (χ4n) is 4.79. The van der Waals surface area contributed by atoms with E-state index in [1.54, 1.807) is 60.8 Å². The number of anilines is 1. The van der Waals surface area contributed by atoms with E-state index in [9.17, 15) is 19.5 Å². The average molecular weight is 519 g/mol. The third-order valence-corrected chi connectivity index (χ3v) is 7.13. The minimum Gasteiger partial charge on any atom is -0.393 e. The standard InChI is InChI=1S/C33H30N2O4/c36-29-16-19-35(20-17-29)28-14-12-25(13-15-28)31(37)21-23-4-8-26(9-5-23)33(39)27-10-6-24(7-11-27)22-32(38)30-3-1-2-18-34-30/h1-15,18,29,36H,16-17,19-22H2. The number of pyridine rings is 1. The second kappa shape index (κ2) is 12.0. The molecule has 6 nitrogen and oxygen atoms in total. The first-order chi connectivity index (χ1) is 19.0. The number of aliphatic hydroxyl groups excluding tert-OH is 1. The lowest BCUT2D eigenvalue weighted by atomic mass is 9.97. The third-order valence-electron chi connectivity index (χ3n) is 7.13. The molecular weight excluding hydrogens is 488 g/mol. The average Bonchev–Trinajstić information content (AvgIpc) is 2.98. The first-order valence-electron chi connectivity index (χ1n) is 13.2. The molecular formula is C33H30N2O4. The van der Waals surface area contributed by atoms with Crippen molar-refractivity contribution in [1.82, 2.24) is 4.98 Å². The van der Waals surface area contributed by atoms with E-state index in [4.69, 9.17) is 0 Å². The molecule has 1 N–H and O–H groups in total. The molecule has 0 spiro atoms. The second-order valence-corrected chi connectivity index (χ2v) is 9.90. The van der Waals surface area contributed by atoms with Gasteiger partial charge in [-0.15, -0.1) is 0 Å². The van der Waals surface area contributed by atoms with Crippen LogP contribution in [0.3, 0.4) is 0 Å². The number of aromatic nitrogens is 1. The summed E-state index contributed by atoms with van der Waals surface area (Å²) in [6.45, 7) is 1.63. The summed E-state index contributed by atoms with van der Waals surface area (Å²) in [7, 11) is 0. The monoisotopic (exact) mass is 518 g/mol. The number of ketones is 3. The van der Waals surface area contributed by atoms with Crippen LogP contribution < -0.4 is 4.90 Å². The van der Waals surface area contributed by atoms with Crippen molar-refractivity contribution in [3.8, 4) is 0 Å². The van der Waals surface area contributed by atoms with Gasteiger partial charge in [0, 0.05) is 54.5 Å². The Morgan fingerprint density at radius 2 is 1.23 bits per heavy atom. The lowest BCUT2D eigenvalue weighted by Gasteiger charge is -2.31. The summed E-state index contributed by atoms with van der Waals surface area (Å²) in [5.74, 6) is -0.166. The summed E-state index contributed by atoms with van der Waals surface area (Å²) in [4.78, 5) is 44.5. The van der Waals surface area contributed by atoms with Crippen LogP contribution in [0.2, 0.25) is 0 Å². The molecule has 1 aliphatic heterocycles. The molecule has 0 bridgehead atoms. The van der Waals surface area contributed by atoms with Crippen molar-refractivity contribution in [1.29, 1.82) is 0 Å². The molecule has 0 amide bonds. The van der Waals surface area contributed by atoms with Gasteiger partial charge in [0.05, 0.1) is 6.10 Å². The lowest BCUT2D eigenvalue weighted by molar-refractivity contribution is 0.0982. The minimum absolute atomic E-state index is 0.0190. The fourth-order valence-corrected chi connectivity index (χ4v) is 4.79. The number of benzene rings is 3. The maximum absolute atomic E-state index is 13.0. The molecule has 4 aromatic rings. The van der Waals surface area contributed by atoms with Crippen LogP contribution in [0, 0.1) is 0 Å². The molecule has 196 valence electrons. The zero-order valence-electron chi connectivity index (χ0n) is 21.6. The summed E-state index contributed by atoms with van der Waals surface area (Å²) < 4.78 is 0. The Morgan fingerprint density at radius 1 is 0.692 bits per heavy atom. The van der Waals surface area contributed by atoms with Crippen molar-refractivity contribution < 1.29 is 19.5 Å². The van der Waals surface area contributed by atoms with Crippen molar-refractivity contribution in [3.05, 3.63) is 131 Å². The quantitative estimate of drug-likeness (QED) is 0.309. The van der Waals surface area contributed by atoms with Crippen molar-refractivity contribution in [2.24, 2.45) is 0 Å². The highest BCUT2D eigenvalue weighted by Gasteiger charge is 2.18. The van der Waals surface area contributed by atoms with Gasteiger partial charge in [-0.1, -0.05) is 54.6 Å². The predicted molar refractivity (Wildman–Crippen MR) is 151 cm³/mol. The van der Waals surface area contributed by atoms with E-state index >= 15 is 0 Å². The van der Waals surface area contributed by atoms with E-state index in [1.807, 2.05) is 36.4 Å². The Balaban J connectivity index is 1.17. The highest BCUT2D eigenvalue weighted by molar-refractivity contribution is 6.09. The van der Waals surface area contributed by atoms with Gasteiger partial charge >= 0.3 is 0 Å². The van der Waals surface area contributed by atoms with Gasteiger partial charge in [0.1, 0.15) is 5.69 Å². The van der Waals surface area contributed by atoms with E-state index in [0.29, 0.717) is 22.4 Å². The lowest BCUT2D eigenvalue weighted by Crippen LogP contribution is -2.35. The highest BCUT2D eigenvalue weighted by Crippen LogP contribution is 2.21. The summed E-state index contributed by atoms with van der Waals surface area (Å²) >= 11 is 0. The molecule has 0 saturated carbocycles. The first kappa shape index (κ1) is 26.2. The molecule has 0 atom stereocenters. The van der Waals surface area contributed by atoms with Crippen LogP contribution in [0.4, 0.5) is 5.69 Å². The van der Waals surface area contributed by atoms with Crippen molar-refractivity contribution in [3.63, 3.8) is 0 Å². The maximum Gasteiger partial charge on any atom is 0.193 e. The van der Waals surface area contributed by atoms with Gasteiger partial charge in [-0.2, -0.15) is 0 Å². The molecule has 1 aliphatic rings. The van der Waals surface area contributed by atoms with Crippen molar-refractivity contribution >= 4 is 23.0 Å². The number of Topliss-reactive ketones (excluding diaryl/α,β-unsaturated/α-hetero) is 2. The second-order valence-electron chi connectivity index (χ2n) is 9.90. The molecule has 6 heteroatoms. The van der Waals surface area contributed by atoms with E-state index < -0.39 is 0 Å². The molecule has 0 aliphatic carbocycles. The maximum atomic E-state index is 13.0. The topological polar surface area (TPSA) is 87.6 Å². The number of nitrogens with zero attached hydrogens (tertiary/aromatic N) is 2. The number of carbonyl (C=O) groups is 3. The van der Waals surface area contributed by atoms with Crippen LogP contribution in [-0.2, 0) is 12.8 Å². The van der Waals surface area contributed by atoms with Gasteiger partial charge < -0.3 is 10.0 Å². The van der Waals surface area contributed by atoms with E-state index in [1.165, 1.54) is 0 Å². The number of rotatable bonds is 9. The Morgan fingerprint density at radius 3 is 1.77 bits per heavy atom. The molecule has 0 radical (unpaired) electrons. The molecule has 39 heavy (non-hydrogen) atoms. The van der Waals surface area contributed by atoms with Gasteiger partial charge in [0.2, 0.25) is 0 Å². The van der Waals surface area contributed by atoms with Crippen LogP contribution >= 0.6 is 0 Å². The summed E-state index contributed by atoms with van der Waals surface area (Å²) in [6, 6.07) is 27.1. The molecule has 5 rings (SSSR count). The van der Waals surface area contributed by atoms with Crippen LogP contribution in [0.1, 0.15) is 60.7 Å². The molecule has 3 aromatic carbocycles. The normalized spacial score (nSPS) is 13.7. The molecule has 1 fully saturated rings. The Kier molecular flexibility index (Phi) is 8.04. The Hall–Kier alpha value is -4.42. The van der Waals surface area contributed by atoms with Crippen molar-refractivity contribution in [2.75, 3.05) is 18.0 Å². The largest absolute Gasteiger partial charge is 0.393 e. The van der Waals surface area contributed by atoms with E-state index in [0.717, 1.165) is 42.7 Å². The van der Waals surface area contributed by atoms with Gasteiger partial charge in [0.15, 0.2) is 17.3 Å². The Bertz CT molecular complexity index is 1440. The van der Waals surface area contributed by atoms with Crippen LogP contribution in [0.5, 0.6) is 0 Å². The number of piperidine rings is 1. The minimum atomic E-state index is -0.218. The van der Waals surface area contributed by atoms with Crippen LogP contribution in [0.15, 0.2) is 97.2 Å². The summed E-state index contributed by atoms with van der Waals surface area (Å²) in [5, 5.41) is 9.70. The zero-order chi connectivity index (χ0) is 27.2. The first-order valence-corrected chi connectivity index (χ1v) is 13.2. The number of hydrogen-bond acceptors (Lipinski definition) is 6. The Labute approximate surface area is 228 Å². The van der Waals surface area contributed by atoms with Crippen molar-refractivity contribution in [2.45, 2.75) is 31.8 Å². The van der Waals surface area contributed by atoms with E-state index in [-0.39, 0.29) is 36.3 Å². The molecule has 2 heterocycles. The predicted octanol–water partition coefficient (Wildman–Crippen LogP) is 5.12. The molecule has 1 saturated heterocycles. The molecule has 0 unspecified atom stereocenters. The van der Waals surface area contributed by atoms with Gasteiger partial charge in [-0.05, 0) is 60.4 Å². The number of hydrogen-bond donors (Lipinski definition) is 1. The zero-order valence-corrected chi connectivity index (χ0v) is 21.6. The SMILES string of the molecule is O=C(Cc1ccc(C(=O)c2ccc(CC(=O)c3ccccn3)cc2)cc1)c1ccc(N2CCC(O)CC2)cc1. The third kappa shape index (κ3) is 6.54. The van der Waals surface area contributed by atoms with Gasteiger partial charge in [0.25, 0.3) is 0 Å². The summed E-state index contributed by atoms with van der Waals surface area (Å²) in [5.41, 5.74) is 4.88.